The van der Waals surface area contributed by atoms with Crippen LogP contribution in [0, 0.1) is 0 Å². The number of carbonyl (C=O) groups is 3. The lowest BCUT2D eigenvalue weighted by Gasteiger charge is -2.22. The van der Waals surface area contributed by atoms with E-state index in [2.05, 4.69) is 5.32 Å². The minimum absolute atomic E-state index is 0.126. The van der Waals surface area contributed by atoms with E-state index >= 15 is 0 Å². The van der Waals surface area contributed by atoms with Gasteiger partial charge in [0, 0.05) is 12.8 Å². The van der Waals surface area contributed by atoms with Crippen LogP contribution in [-0.4, -0.2) is 40.4 Å². The standard InChI is InChI=1S/C21H31NO6/c1-20(2,3)27-17(23)12-11-14-7-9-15(10-8-14)13-16(18(24)25)22-19(26)28-21(4,5)6/h7-10,16H,11-13H2,1-6H3,(H,22,26)(H,24,25)/t16-/m0/s1. The number of aliphatic carboxylic acids is 1. The molecular formula is C21H31NO6. The van der Waals surface area contributed by atoms with Gasteiger partial charge in [0.05, 0.1) is 0 Å². The van der Waals surface area contributed by atoms with Gasteiger partial charge >= 0.3 is 18.0 Å². The van der Waals surface area contributed by atoms with Crippen LogP contribution in [0.1, 0.15) is 59.1 Å². The molecule has 156 valence electrons. The third-order valence-electron chi connectivity index (χ3n) is 3.49. The predicted molar refractivity (Wildman–Crippen MR) is 105 cm³/mol. The van der Waals surface area contributed by atoms with Gasteiger partial charge in [-0.05, 0) is 59.1 Å². The fraction of sp³-hybridized carbons (Fsp3) is 0.571. The zero-order valence-corrected chi connectivity index (χ0v) is 17.5. The molecule has 1 rings (SSSR count). The van der Waals surface area contributed by atoms with Gasteiger partial charge in [-0.1, -0.05) is 24.3 Å². The molecule has 0 bridgehead atoms. The molecule has 0 heterocycles. The van der Waals surface area contributed by atoms with Crippen LogP contribution in [0.5, 0.6) is 0 Å². The van der Waals surface area contributed by atoms with E-state index < -0.39 is 29.3 Å². The Morgan fingerprint density at radius 3 is 1.89 bits per heavy atom. The summed E-state index contributed by atoms with van der Waals surface area (Å²) in [6.45, 7) is 10.6. The van der Waals surface area contributed by atoms with Crippen molar-refractivity contribution >= 4 is 18.0 Å². The number of hydrogen-bond acceptors (Lipinski definition) is 5. The first-order valence-electron chi connectivity index (χ1n) is 9.27. The van der Waals surface area contributed by atoms with Crippen LogP contribution in [-0.2, 0) is 31.9 Å². The Balaban J connectivity index is 2.62. The van der Waals surface area contributed by atoms with Crippen LogP contribution >= 0.6 is 0 Å². The highest BCUT2D eigenvalue weighted by atomic mass is 16.6. The summed E-state index contributed by atoms with van der Waals surface area (Å²) in [7, 11) is 0. The van der Waals surface area contributed by atoms with Crippen molar-refractivity contribution in [3.63, 3.8) is 0 Å². The van der Waals surface area contributed by atoms with Crippen molar-refractivity contribution in [3.05, 3.63) is 35.4 Å². The Morgan fingerprint density at radius 2 is 1.43 bits per heavy atom. The van der Waals surface area contributed by atoms with Crippen LogP contribution in [0.4, 0.5) is 4.79 Å². The number of hydrogen-bond donors (Lipinski definition) is 2. The Labute approximate surface area is 166 Å². The lowest BCUT2D eigenvalue weighted by molar-refractivity contribution is -0.154. The fourth-order valence-corrected chi connectivity index (χ4v) is 2.37. The number of carbonyl (C=O) groups excluding carboxylic acids is 2. The number of carboxylic acid groups (broad SMARTS) is 1. The van der Waals surface area contributed by atoms with E-state index in [1.807, 2.05) is 32.9 Å². The second kappa shape index (κ2) is 9.57. The molecule has 0 aromatic heterocycles. The summed E-state index contributed by atoms with van der Waals surface area (Å²) in [4.78, 5) is 35.0. The summed E-state index contributed by atoms with van der Waals surface area (Å²) < 4.78 is 10.4. The lowest BCUT2D eigenvalue weighted by atomic mass is 10.0. The summed E-state index contributed by atoms with van der Waals surface area (Å²) in [5.74, 6) is -1.40. The molecule has 0 aliphatic carbocycles. The number of alkyl carbamates (subject to hydrolysis) is 1. The maximum absolute atomic E-state index is 11.8. The third-order valence-corrected chi connectivity index (χ3v) is 3.49. The van der Waals surface area contributed by atoms with Crippen molar-refractivity contribution in [2.45, 2.75) is 78.0 Å². The molecule has 1 aromatic rings. The molecule has 1 aromatic carbocycles. The third kappa shape index (κ3) is 9.94. The second-order valence-electron chi connectivity index (χ2n) is 8.64. The zero-order chi connectivity index (χ0) is 21.5. The fourth-order valence-electron chi connectivity index (χ4n) is 2.37. The van der Waals surface area contributed by atoms with Crippen molar-refractivity contribution in [1.82, 2.24) is 5.32 Å². The van der Waals surface area contributed by atoms with Gasteiger partial charge in [-0.2, -0.15) is 0 Å². The molecule has 0 radical (unpaired) electrons. The number of aryl methyl sites for hydroxylation is 1. The summed E-state index contributed by atoms with van der Waals surface area (Å²) in [6.07, 6.45) is 0.164. The van der Waals surface area contributed by atoms with Gasteiger partial charge in [0.15, 0.2) is 0 Å². The van der Waals surface area contributed by atoms with Crippen molar-refractivity contribution in [2.24, 2.45) is 0 Å². The summed E-state index contributed by atoms with van der Waals surface area (Å²) >= 11 is 0. The van der Waals surface area contributed by atoms with Gasteiger partial charge in [-0.15, -0.1) is 0 Å². The van der Waals surface area contributed by atoms with Gasteiger partial charge in [-0.25, -0.2) is 9.59 Å². The predicted octanol–water partition coefficient (Wildman–Crippen LogP) is 3.48. The average Bonchev–Trinajstić information content (AvgIpc) is 2.50. The quantitative estimate of drug-likeness (QED) is 0.688. The maximum Gasteiger partial charge on any atom is 0.408 e. The number of benzene rings is 1. The van der Waals surface area contributed by atoms with Crippen molar-refractivity contribution < 1.29 is 29.0 Å². The monoisotopic (exact) mass is 393 g/mol. The summed E-state index contributed by atoms with van der Waals surface area (Å²) in [6, 6.07) is 6.16. The molecule has 2 N–H and O–H groups in total. The molecule has 7 nitrogen and oxygen atoms in total. The summed E-state index contributed by atoms with van der Waals surface area (Å²) in [5, 5.41) is 11.7. The zero-order valence-electron chi connectivity index (χ0n) is 17.5. The molecule has 0 fully saturated rings. The number of carboxylic acids is 1. The van der Waals surface area contributed by atoms with E-state index in [1.165, 1.54) is 0 Å². The van der Waals surface area contributed by atoms with E-state index in [4.69, 9.17) is 9.47 Å². The molecule has 0 aliphatic heterocycles. The van der Waals surface area contributed by atoms with Gasteiger partial charge < -0.3 is 19.9 Å². The Bertz CT molecular complexity index is 682. The van der Waals surface area contributed by atoms with Gasteiger partial charge in [-0.3, -0.25) is 4.79 Å². The van der Waals surface area contributed by atoms with Crippen molar-refractivity contribution in [2.75, 3.05) is 0 Å². The number of amides is 1. The molecule has 0 unspecified atom stereocenters. The van der Waals surface area contributed by atoms with Crippen LogP contribution in [0.25, 0.3) is 0 Å². The summed E-state index contributed by atoms with van der Waals surface area (Å²) in [5.41, 5.74) is 0.489. The largest absolute Gasteiger partial charge is 0.480 e. The molecule has 1 amide bonds. The number of esters is 1. The number of nitrogens with one attached hydrogen (secondary N) is 1. The SMILES string of the molecule is CC(C)(C)OC(=O)CCc1ccc(C[C@H](NC(=O)OC(C)(C)C)C(=O)O)cc1. The first kappa shape index (κ1) is 23.5. The van der Waals surface area contributed by atoms with Crippen molar-refractivity contribution in [3.8, 4) is 0 Å². The number of ether oxygens (including phenoxy) is 2. The second-order valence-corrected chi connectivity index (χ2v) is 8.64. The number of rotatable bonds is 7. The normalized spacial score (nSPS) is 12.8. The average molecular weight is 393 g/mol. The molecule has 1 atom stereocenters. The highest BCUT2D eigenvalue weighted by Crippen LogP contribution is 2.13. The minimum Gasteiger partial charge on any atom is -0.480 e. The highest BCUT2D eigenvalue weighted by Gasteiger charge is 2.24. The first-order chi connectivity index (χ1) is 12.7. The van der Waals surface area contributed by atoms with E-state index in [-0.39, 0.29) is 18.8 Å². The van der Waals surface area contributed by atoms with Crippen LogP contribution < -0.4 is 5.32 Å². The van der Waals surface area contributed by atoms with Crippen LogP contribution in [0.15, 0.2) is 24.3 Å². The lowest BCUT2D eigenvalue weighted by Crippen LogP contribution is -2.44. The van der Waals surface area contributed by atoms with Gasteiger partial charge in [0.2, 0.25) is 0 Å². The van der Waals surface area contributed by atoms with E-state index in [0.29, 0.717) is 6.42 Å². The molecule has 0 saturated carbocycles. The van der Waals surface area contributed by atoms with E-state index in [9.17, 15) is 19.5 Å². The Hall–Kier alpha value is -2.57. The minimum atomic E-state index is -1.14. The first-order valence-corrected chi connectivity index (χ1v) is 9.27. The van der Waals surface area contributed by atoms with Gasteiger partial charge in [0.1, 0.15) is 17.2 Å². The van der Waals surface area contributed by atoms with E-state index in [1.54, 1.807) is 32.9 Å². The Kier molecular flexibility index (Phi) is 8.02. The topological polar surface area (TPSA) is 102 Å². The molecular weight excluding hydrogens is 362 g/mol. The highest BCUT2D eigenvalue weighted by molar-refractivity contribution is 5.80. The van der Waals surface area contributed by atoms with Crippen molar-refractivity contribution in [1.29, 1.82) is 0 Å². The molecule has 0 spiro atoms. The maximum atomic E-state index is 11.8. The van der Waals surface area contributed by atoms with Crippen LogP contribution in [0.2, 0.25) is 0 Å². The molecule has 0 saturated heterocycles. The smallest absolute Gasteiger partial charge is 0.408 e. The van der Waals surface area contributed by atoms with Crippen LogP contribution in [0.3, 0.4) is 0 Å². The molecule has 28 heavy (non-hydrogen) atoms. The molecule has 0 aliphatic rings. The van der Waals surface area contributed by atoms with Gasteiger partial charge in [0.25, 0.3) is 0 Å². The molecule has 7 heteroatoms. The van der Waals surface area contributed by atoms with E-state index in [0.717, 1.165) is 11.1 Å². The Morgan fingerprint density at radius 1 is 0.929 bits per heavy atom.